The zero-order chi connectivity index (χ0) is 11.4. The summed E-state index contributed by atoms with van der Waals surface area (Å²) in [5.41, 5.74) is 0.739. The molecule has 2 N–H and O–H groups in total. The van der Waals surface area contributed by atoms with Crippen molar-refractivity contribution in [3.05, 3.63) is 34.6 Å². The zero-order valence-corrected chi connectivity index (χ0v) is 8.46. The van der Waals surface area contributed by atoms with E-state index < -0.39 is 11.8 Å². The van der Waals surface area contributed by atoms with Crippen molar-refractivity contribution in [1.82, 2.24) is 0 Å². The normalized spacial score (nSPS) is 10.3. The summed E-state index contributed by atoms with van der Waals surface area (Å²) >= 11 is 0. The lowest BCUT2D eigenvalue weighted by Gasteiger charge is -2.06. The lowest BCUT2D eigenvalue weighted by molar-refractivity contribution is 0.0695. The van der Waals surface area contributed by atoms with E-state index in [1.54, 1.807) is 0 Å². The highest BCUT2D eigenvalue weighted by Gasteiger charge is 2.12. The molecule has 0 bridgehead atoms. The molecule has 0 unspecified atom stereocenters. The van der Waals surface area contributed by atoms with Gasteiger partial charge in [-0.2, -0.15) is 0 Å². The minimum Gasteiger partial charge on any atom is -0.478 e. The van der Waals surface area contributed by atoms with Crippen molar-refractivity contribution < 1.29 is 19.4 Å². The van der Waals surface area contributed by atoms with E-state index in [-0.39, 0.29) is 17.7 Å². The van der Waals surface area contributed by atoms with Gasteiger partial charge in [0.15, 0.2) is 0 Å². The number of carboxylic acids is 1. The van der Waals surface area contributed by atoms with Gasteiger partial charge in [-0.3, -0.25) is 0 Å². The van der Waals surface area contributed by atoms with Crippen molar-refractivity contribution >= 4 is 5.97 Å². The number of benzene rings is 1. The van der Waals surface area contributed by atoms with Gasteiger partial charge in [0.05, 0.1) is 5.56 Å². The number of hydrogen-bond acceptors (Lipinski definition) is 2. The number of carbonyl (C=O) groups is 1. The Balaban J connectivity index is 3.06. The number of carboxylic acid groups (broad SMARTS) is 1. The second kappa shape index (κ2) is 4.89. The fourth-order valence-corrected chi connectivity index (χ4v) is 1.38. The standard InChI is InChI=1S/C11H13FO3/c1-7-9(11(14)15)5-8(3-2-4-13)6-10(7)12/h5-6,13H,2-4H2,1H3,(H,14,15). The van der Waals surface area contributed by atoms with Crippen LogP contribution < -0.4 is 0 Å². The Morgan fingerprint density at radius 3 is 2.67 bits per heavy atom. The molecule has 1 aromatic rings. The number of rotatable bonds is 4. The number of aliphatic hydroxyl groups is 1. The Hall–Kier alpha value is -1.42. The Morgan fingerprint density at radius 1 is 1.47 bits per heavy atom. The van der Waals surface area contributed by atoms with Gasteiger partial charge in [-0.25, -0.2) is 9.18 Å². The monoisotopic (exact) mass is 212 g/mol. The van der Waals surface area contributed by atoms with Crippen molar-refractivity contribution in [3.8, 4) is 0 Å². The maximum Gasteiger partial charge on any atom is 0.336 e. The molecule has 0 heterocycles. The van der Waals surface area contributed by atoms with Gasteiger partial charge in [-0.15, -0.1) is 0 Å². The third-order valence-electron chi connectivity index (χ3n) is 2.26. The molecule has 0 fully saturated rings. The molecule has 82 valence electrons. The first-order valence-electron chi connectivity index (χ1n) is 4.69. The lowest BCUT2D eigenvalue weighted by atomic mass is 10.0. The summed E-state index contributed by atoms with van der Waals surface area (Å²) in [6.45, 7) is 1.45. The van der Waals surface area contributed by atoms with E-state index in [9.17, 15) is 9.18 Å². The topological polar surface area (TPSA) is 57.5 Å². The molecule has 4 heteroatoms. The van der Waals surface area contributed by atoms with Crippen LogP contribution in [0.2, 0.25) is 0 Å². The van der Waals surface area contributed by atoms with Gasteiger partial charge < -0.3 is 10.2 Å². The molecule has 0 amide bonds. The highest BCUT2D eigenvalue weighted by molar-refractivity contribution is 5.89. The first-order chi connectivity index (χ1) is 7.06. The number of halogens is 1. The fraction of sp³-hybridized carbons (Fsp3) is 0.364. The number of aromatic carboxylic acids is 1. The Bertz CT molecular complexity index is 374. The summed E-state index contributed by atoms with van der Waals surface area (Å²) in [6.07, 6.45) is 0.982. The molecule has 0 saturated carbocycles. The average Bonchev–Trinajstić information content (AvgIpc) is 2.19. The fourth-order valence-electron chi connectivity index (χ4n) is 1.38. The molecular weight excluding hydrogens is 199 g/mol. The largest absolute Gasteiger partial charge is 0.478 e. The second-order valence-corrected chi connectivity index (χ2v) is 3.38. The van der Waals surface area contributed by atoms with Crippen LogP contribution in [0.25, 0.3) is 0 Å². The van der Waals surface area contributed by atoms with Crippen LogP contribution in [0.1, 0.15) is 27.9 Å². The first kappa shape index (κ1) is 11.7. The van der Waals surface area contributed by atoms with Gasteiger partial charge in [0, 0.05) is 6.61 Å². The van der Waals surface area contributed by atoms with E-state index in [0.29, 0.717) is 18.4 Å². The van der Waals surface area contributed by atoms with E-state index >= 15 is 0 Å². The summed E-state index contributed by atoms with van der Waals surface area (Å²) in [6, 6.07) is 2.77. The molecule has 1 rings (SSSR count). The maximum atomic E-state index is 13.3. The smallest absolute Gasteiger partial charge is 0.336 e. The summed E-state index contributed by atoms with van der Waals surface area (Å²) in [4.78, 5) is 10.8. The van der Waals surface area contributed by atoms with E-state index in [1.807, 2.05) is 0 Å². The summed E-state index contributed by atoms with van der Waals surface area (Å²) in [5, 5.41) is 17.4. The van der Waals surface area contributed by atoms with Gasteiger partial charge in [0.1, 0.15) is 5.82 Å². The van der Waals surface area contributed by atoms with E-state index in [1.165, 1.54) is 19.1 Å². The Labute approximate surface area is 87.2 Å². The lowest BCUT2D eigenvalue weighted by Crippen LogP contribution is -2.04. The van der Waals surface area contributed by atoms with E-state index in [2.05, 4.69) is 0 Å². The van der Waals surface area contributed by atoms with Gasteiger partial charge in [-0.05, 0) is 43.0 Å². The SMILES string of the molecule is Cc1c(F)cc(CCCO)cc1C(=O)O. The predicted octanol–water partition coefficient (Wildman–Crippen LogP) is 1.76. The molecule has 0 saturated heterocycles. The van der Waals surface area contributed by atoms with Crippen molar-refractivity contribution in [3.63, 3.8) is 0 Å². The quantitative estimate of drug-likeness (QED) is 0.799. The van der Waals surface area contributed by atoms with Gasteiger partial charge in [0.2, 0.25) is 0 Å². The van der Waals surface area contributed by atoms with Gasteiger partial charge in [-0.1, -0.05) is 0 Å². The maximum absolute atomic E-state index is 13.3. The molecular formula is C11H13FO3. The van der Waals surface area contributed by atoms with E-state index in [4.69, 9.17) is 10.2 Å². The minimum atomic E-state index is -1.13. The van der Waals surface area contributed by atoms with Gasteiger partial charge >= 0.3 is 5.97 Å². The molecule has 0 aromatic heterocycles. The van der Waals surface area contributed by atoms with Crippen LogP contribution in [0, 0.1) is 12.7 Å². The molecule has 0 aliphatic rings. The second-order valence-electron chi connectivity index (χ2n) is 3.38. The van der Waals surface area contributed by atoms with Crippen molar-refractivity contribution in [2.24, 2.45) is 0 Å². The van der Waals surface area contributed by atoms with Crippen LogP contribution in [0.4, 0.5) is 4.39 Å². The van der Waals surface area contributed by atoms with Gasteiger partial charge in [0.25, 0.3) is 0 Å². The highest BCUT2D eigenvalue weighted by Crippen LogP contribution is 2.16. The number of aliphatic hydroxyl groups excluding tert-OH is 1. The minimum absolute atomic E-state index is 0.0112. The predicted molar refractivity (Wildman–Crippen MR) is 53.5 cm³/mol. The molecule has 0 radical (unpaired) electrons. The molecule has 3 nitrogen and oxygen atoms in total. The summed E-state index contributed by atoms with van der Waals surface area (Å²) in [5.74, 6) is -1.64. The van der Waals surface area contributed by atoms with Crippen LogP contribution >= 0.6 is 0 Å². The van der Waals surface area contributed by atoms with Crippen LogP contribution in [0.3, 0.4) is 0 Å². The summed E-state index contributed by atoms with van der Waals surface area (Å²) < 4.78 is 13.3. The van der Waals surface area contributed by atoms with Crippen LogP contribution in [0.15, 0.2) is 12.1 Å². The summed E-state index contributed by atoms with van der Waals surface area (Å²) in [7, 11) is 0. The third kappa shape index (κ3) is 2.76. The van der Waals surface area contributed by atoms with Crippen molar-refractivity contribution in [1.29, 1.82) is 0 Å². The van der Waals surface area contributed by atoms with Crippen molar-refractivity contribution in [2.45, 2.75) is 19.8 Å². The first-order valence-corrected chi connectivity index (χ1v) is 4.69. The number of hydrogen-bond donors (Lipinski definition) is 2. The van der Waals surface area contributed by atoms with Crippen LogP contribution in [-0.4, -0.2) is 22.8 Å². The average molecular weight is 212 g/mol. The third-order valence-corrected chi connectivity index (χ3v) is 2.26. The Kier molecular flexibility index (Phi) is 3.80. The highest BCUT2D eigenvalue weighted by atomic mass is 19.1. The molecule has 0 aliphatic heterocycles. The molecule has 15 heavy (non-hydrogen) atoms. The molecule has 0 atom stereocenters. The zero-order valence-electron chi connectivity index (χ0n) is 8.46. The molecule has 1 aromatic carbocycles. The van der Waals surface area contributed by atoms with Crippen LogP contribution in [-0.2, 0) is 6.42 Å². The molecule has 0 spiro atoms. The van der Waals surface area contributed by atoms with Crippen molar-refractivity contribution in [2.75, 3.05) is 6.61 Å². The molecule has 0 aliphatic carbocycles. The van der Waals surface area contributed by atoms with Crippen LogP contribution in [0.5, 0.6) is 0 Å². The Morgan fingerprint density at radius 2 is 2.13 bits per heavy atom. The van der Waals surface area contributed by atoms with E-state index in [0.717, 1.165) is 0 Å². The number of aryl methyl sites for hydroxylation is 1.